The molecular formula is C13H18BrN3. The second-order valence-corrected chi connectivity index (χ2v) is 5.97. The van der Waals surface area contributed by atoms with Gasteiger partial charge in [-0.25, -0.2) is 4.98 Å². The Bertz CT molecular complexity index is 413. The normalized spacial score (nSPS) is 31.5. The van der Waals surface area contributed by atoms with Gasteiger partial charge in [-0.2, -0.15) is 0 Å². The lowest BCUT2D eigenvalue weighted by molar-refractivity contribution is 0.0975. The molecule has 3 fully saturated rings. The summed E-state index contributed by atoms with van der Waals surface area (Å²) in [6.07, 6.45) is 2.70. The highest BCUT2D eigenvalue weighted by atomic mass is 79.9. The van der Waals surface area contributed by atoms with Crippen molar-refractivity contribution in [3.05, 3.63) is 22.4 Å². The van der Waals surface area contributed by atoms with E-state index >= 15 is 0 Å². The third kappa shape index (κ3) is 2.33. The van der Waals surface area contributed by atoms with Crippen molar-refractivity contribution < 1.29 is 0 Å². The molecule has 3 saturated heterocycles. The van der Waals surface area contributed by atoms with E-state index in [1.807, 2.05) is 6.07 Å². The molecule has 4 heteroatoms. The van der Waals surface area contributed by atoms with Crippen LogP contribution in [0.25, 0.3) is 0 Å². The number of pyridine rings is 1. The van der Waals surface area contributed by atoms with Crippen molar-refractivity contribution in [2.45, 2.75) is 25.8 Å². The standard InChI is InChI=1S/C13H18BrN3/c1-9-11(2-3-13(14)15-9)16-12-8-17-6-4-10(12)5-7-17/h2-3,10,12,16H,4-8H2,1H3. The summed E-state index contributed by atoms with van der Waals surface area (Å²) in [5, 5.41) is 3.68. The molecule has 0 radical (unpaired) electrons. The maximum absolute atomic E-state index is 4.44. The molecule has 1 unspecified atom stereocenters. The van der Waals surface area contributed by atoms with Gasteiger partial charge in [0.2, 0.25) is 0 Å². The number of aromatic nitrogens is 1. The molecule has 0 amide bonds. The summed E-state index contributed by atoms with van der Waals surface area (Å²) in [4.78, 5) is 7.01. The quantitative estimate of drug-likeness (QED) is 0.851. The molecule has 0 spiro atoms. The summed E-state index contributed by atoms with van der Waals surface area (Å²) in [6.45, 7) is 5.84. The van der Waals surface area contributed by atoms with Gasteiger partial charge in [0.05, 0.1) is 11.4 Å². The van der Waals surface area contributed by atoms with Crippen molar-refractivity contribution in [1.29, 1.82) is 0 Å². The van der Waals surface area contributed by atoms with Gasteiger partial charge in [-0.3, -0.25) is 0 Å². The van der Waals surface area contributed by atoms with E-state index in [2.05, 4.69) is 44.1 Å². The zero-order valence-corrected chi connectivity index (χ0v) is 11.7. The Labute approximate surface area is 111 Å². The topological polar surface area (TPSA) is 28.2 Å². The van der Waals surface area contributed by atoms with Gasteiger partial charge in [-0.05, 0) is 66.8 Å². The van der Waals surface area contributed by atoms with Crippen molar-refractivity contribution in [3.8, 4) is 0 Å². The lowest BCUT2D eigenvalue weighted by atomic mass is 9.84. The fourth-order valence-corrected chi connectivity index (χ4v) is 3.41. The zero-order valence-electron chi connectivity index (χ0n) is 10.1. The van der Waals surface area contributed by atoms with E-state index in [4.69, 9.17) is 0 Å². The monoisotopic (exact) mass is 295 g/mol. The minimum atomic E-state index is 0.610. The van der Waals surface area contributed by atoms with Gasteiger partial charge in [0.1, 0.15) is 4.60 Å². The summed E-state index contributed by atoms with van der Waals surface area (Å²) in [5.74, 6) is 0.850. The number of hydrogen-bond donors (Lipinski definition) is 1. The number of nitrogens with one attached hydrogen (secondary N) is 1. The van der Waals surface area contributed by atoms with Crippen molar-refractivity contribution >= 4 is 21.6 Å². The van der Waals surface area contributed by atoms with Crippen molar-refractivity contribution in [1.82, 2.24) is 9.88 Å². The Balaban J connectivity index is 1.74. The van der Waals surface area contributed by atoms with Crippen molar-refractivity contribution in [3.63, 3.8) is 0 Å². The van der Waals surface area contributed by atoms with Crippen molar-refractivity contribution in [2.24, 2.45) is 5.92 Å². The second-order valence-electron chi connectivity index (χ2n) is 5.16. The predicted octanol–water partition coefficient (Wildman–Crippen LogP) is 2.66. The van der Waals surface area contributed by atoms with Gasteiger partial charge < -0.3 is 10.2 Å². The Morgan fingerprint density at radius 1 is 1.35 bits per heavy atom. The van der Waals surface area contributed by atoms with Crippen LogP contribution in [0.3, 0.4) is 0 Å². The van der Waals surface area contributed by atoms with Crippen LogP contribution in [0.2, 0.25) is 0 Å². The third-order valence-electron chi connectivity index (χ3n) is 4.05. The number of anilines is 1. The van der Waals surface area contributed by atoms with Crippen LogP contribution in [-0.2, 0) is 0 Å². The van der Waals surface area contributed by atoms with E-state index in [1.165, 1.54) is 38.2 Å². The minimum absolute atomic E-state index is 0.610. The summed E-state index contributed by atoms with van der Waals surface area (Å²) in [6, 6.07) is 4.75. The van der Waals surface area contributed by atoms with Crippen molar-refractivity contribution in [2.75, 3.05) is 25.0 Å². The number of fused-ring (bicyclic) bond motifs is 3. The molecule has 0 aromatic carbocycles. The lowest BCUT2D eigenvalue weighted by Gasteiger charge is -2.45. The van der Waals surface area contributed by atoms with Crippen LogP contribution in [0.15, 0.2) is 16.7 Å². The highest BCUT2D eigenvalue weighted by Crippen LogP contribution is 2.30. The van der Waals surface area contributed by atoms with E-state index in [-0.39, 0.29) is 0 Å². The number of hydrogen-bond acceptors (Lipinski definition) is 3. The first-order valence-corrected chi connectivity index (χ1v) is 7.14. The number of piperidine rings is 3. The lowest BCUT2D eigenvalue weighted by Crippen LogP contribution is -2.53. The molecule has 1 atom stereocenters. The molecule has 3 aliphatic heterocycles. The van der Waals surface area contributed by atoms with Gasteiger partial charge in [0.15, 0.2) is 0 Å². The molecule has 17 heavy (non-hydrogen) atoms. The Morgan fingerprint density at radius 3 is 2.71 bits per heavy atom. The smallest absolute Gasteiger partial charge is 0.106 e. The van der Waals surface area contributed by atoms with E-state index in [0.717, 1.165) is 16.2 Å². The molecule has 3 aliphatic rings. The summed E-state index contributed by atoms with van der Waals surface area (Å²) in [5.41, 5.74) is 2.27. The fraction of sp³-hybridized carbons (Fsp3) is 0.615. The molecule has 3 nitrogen and oxygen atoms in total. The summed E-state index contributed by atoms with van der Waals surface area (Å²) >= 11 is 3.41. The summed E-state index contributed by atoms with van der Waals surface area (Å²) in [7, 11) is 0. The van der Waals surface area contributed by atoms with Crippen LogP contribution in [0, 0.1) is 12.8 Å². The molecule has 0 saturated carbocycles. The third-order valence-corrected chi connectivity index (χ3v) is 4.49. The van der Waals surface area contributed by atoms with Gasteiger partial charge in [0.25, 0.3) is 0 Å². The average molecular weight is 296 g/mol. The first kappa shape index (κ1) is 11.5. The van der Waals surface area contributed by atoms with Gasteiger partial charge >= 0.3 is 0 Å². The fourth-order valence-electron chi connectivity index (χ4n) is 3.01. The molecule has 92 valence electrons. The van der Waals surface area contributed by atoms with Crippen LogP contribution in [-0.4, -0.2) is 35.6 Å². The van der Waals surface area contributed by atoms with Gasteiger partial charge in [-0.15, -0.1) is 0 Å². The SMILES string of the molecule is Cc1nc(Br)ccc1NC1CN2CCC1CC2. The average Bonchev–Trinajstić information content (AvgIpc) is 2.34. The van der Waals surface area contributed by atoms with E-state index < -0.39 is 0 Å². The first-order valence-electron chi connectivity index (χ1n) is 6.34. The number of halogens is 1. The van der Waals surface area contributed by atoms with E-state index in [0.29, 0.717) is 6.04 Å². The molecule has 2 bridgehead atoms. The van der Waals surface area contributed by atoms with E-state index in [1.54, 1.807) is 0 Å². The molecule has 1 aromatic rings. The maximum Gasteiger partial charge on any atom is 0.106 e. The number of nitrogens with zero attached hydrogens (tertiary/aromatic N) is 2. The molecule has 1 N–H and O–H groups in total. The van der Waals surface area contributed by atoms with E-state index in [9.17, 15) is 0 Å². The van der Waals surface area contributed by atoms with Crippen LogP contribution in [0.4, 0.5) is 5.69 Å². The maximum atomic E-state index is 4.44. The zero-order chi connectivity index (χ0) is 11.8. The number of rotatable bonds is 2. The Hall–Kier alpha value is -0.610. The Kier molecular flexibility index (Phi) is 3.09. The Morgan fingerprint density at radius 2 is 2.12 bits per heavy atom. The minimum Gasteiger partial charge on any atom is -0.379 e. The summed E-state index contributed by atoms with van der Waals surface area (Å²) < 4.78 is 0.912. The van der Waals surface area contributed by atoms with Crippen LogP contribution < -0.4 is 5.32 Å². The number of aryl methyl sites for hydroxylation is 1. The van der Waals surface area contributed by atoms with Gasteiger partial charge in [0, 0.05) is 12.6 Å². The largest absolute Gasteiger partial charge is 0.379 e. The second kappa shape index (κ2) is 4.58. The predicted molar refractivity (Wildman–Crippen MR) is 73.2 cm³/mol. The van der Waals surface area contributed by atoms with Crippen LogP contribution in [0.5, 0.6) is 0 Å². The highest BCUT2D eigenvalue weighted by Gasteiger charge is 2.34. The molecule has 0 aliphatic carbocycles. The molecule has 1 aromatic heterocycles. The molecule has 4 heterocycles. The first-order chi connectivity index (χ1) is 8.22. The molecule has 4 rings (SSSR count). The highest BCUT2D eigenvalue weighted by molar-refractivity contribution is 9.10. The molecular weight excluding hydrogens is 278 g/mol. The van der Waals surface area contributed by atoms with Crippen LogP contribution >= 0.6 is 15.9 Å². The van der Waals surface area contributed by atoms with Gasteiger partial charge in [-0.1, -0.05) is 0 Å². The van der Waals surface area contributed by atoms with Crippen LogP contribution in [0.1, 0.15) is 18.5 Å².